The van der Waals surface area contributed by atoms with Crippen molar-refractivity contribution in [1.29, 1.82) is 0 Å². The van der Waals surface area contributed by atoms with E-state index in [1.54, 1.807) is 13.1 Å². The molecular weight excluding hydrogens is 232 g/mol. The van der Waals surface area contributed by atoms with E-state index in [-0.39, 0.29) is 5.69 Å². The van der Waals surface area contributed by atoms with Gasteiger partial charge in [-0.25, -0.2) is 4.98 Å². The van der Waals surface area contributed by atoms with Crippen molar-refractivity contribution in [3.8, 4) is 0 Å². The third-order valence-corrected chi connectivity index (χ3v) is 2.54. The van der Waals surface area contributed by atoms with Crippen molar-refractivity contribution in [2.75, 3.05) is 5.32 Å². The monoisotopic (exact) mass is 244 g/mol. The Morgan fingerprint density at radius 3 is 2.78 bits per heavy atom. The summed E-state index contributed by atoms with van der Waals surface area (Å²) in [5, 5.41) is 13.8. The minimum absolute atomic E-state index is 0.0634. The molecule has 0 bridgehead atoms. The molecule has 0 aromatic carbocycles. The van der Waals surface area contributed by atoms with E-state index in [2.05, 4.69) is 15.3 Å². The van der Waals surface area contributed by atoms with Crippen molar-refractivity contribution in [2.24, 2.45) is 0 Å². The molecule has 2 aromatic rings. The first-order valence-electron chi connectivity index (χ1n) is 5.42. The van der Waals surface area contributed by atoms with Crippen molar-refractivity contribution in [3.63, 3.8) is 0 Å². The third-order valence-electron chi connectivity index (χ3n) is 2.54. The maximum Gasteiger partial charge on any atom is 0.277 e. The zero-order valence-corrected chi connectivity index (χ0v) is 9.83. The number of nitrogens with one attached hydrogen (secondary N) is 1. The van der Waals surface area contributed by atoms with Crippen LogP contribution in [-0.4, -0.2) is 14.9 Å². The van der Waals surface area contributed by atoms with Crippen LogP contribution in [0.3, 0.4) is 0 Å². The molecule has 0 aliphatic carbocycles. The number of hydrogen-bond acceptors (Lipinski definition) is 5. The smallest absolute Gasteiger partial charge is 0.277 e. The first-order valence-corrected chi connectivity index (χ1v) is 5.42. The Bertz CT molecular complexity index is 557. The quantitative estimate of drug-likeness (QED) is 0.659. The molecule has 1 N–H and O–H groups in total. The van der Waals surface area contributed by atoms with Crippen LogP contribution in [0.2, 0.25) is 0 Å². The number of anilines is 1. The minimum atomic E-state index is -0.414. The lowest BCUT2D eigenvalue weighted by Gasteiger charge is -2.07. The predicted molar refractivity (Wildman–Crippen MR) is 67.2 cm³/mol. The molecule has 0 saturated carbocycles. The summed E-state index contributed by atoms with van der Waals surface area (Å²) in [4.78, 5) is 18.6. The van der Waals surface area contributed by atoms with Crippen LogP contribution >= 0.6 is 0 Å². The van der Waals surface area contributed by atoms with Gasteiger partial charge in [0.1, 0.15) is 5.82 Å². The van der Waals surface area contributed by atoms with Gasteiger partial charge in [0, 0.05) is 18.5 Å². The summed E-state index contributed by atoms with van der Waals surface area (Å²) in [6.07, 6.45) is 3.12. The van der Waals surface area contributed by atoms with Gasteiger partial charge < -0.3 is 5.32 Å². The fourth-order valence-electron chi connectivity index (χ4n) is 1.58. The van der Waals surface area contributed by atoms with Gasteiger partial charge in [-0.3, -0.25) is 15.1 Å². The number of nitro groups is 1. The Labute approximate surface area is 104 Å². The average molecular weight is 244 g/mol. The molecule has 0 aliphatic rings. The Balaban J connectivity index is 2.15. The molecule has 0 atom stereocenters. The Hall–Kier alpha value is -2.50. The van der Waals surface area contributed by atoms with E-state index >= 15 is 0 Å². The molecule has 0 spiro atoms. The number of nitrogens with zero attached hydrogens (tertiary/aromatic N) is 3. The Morgan fingerprint density at radius 2 is 2.11 bits per heavy atom. The van der Waals surface area contributed by atoms with Crippen LogP contribution in [0.1, 0.15) is 11.3 Å². The van der Waals surface area contributed by atoms with Gasteiger partial charge >= 0.3 is 0 Å². The Morgan fingerprint density at radius 1 is 1.28 bits per heavy atom. The van der Waals surface area contributed by atoms with Gasteiger partial charge in [0.2, 0.25) is 0 Å². The van der Waals surface area contributed by atoms with Crippen LogP contribution in [0.15, 0.2) is 36.7 Å². The van der Waals surface area contributed by atoms with Crippen molar-refractivity contribution < 1.29 is 4.92 Å². The predicted octanol–water partition coefficient (Wildman–Crippen LogP) is 2.31. The van der Waals surface area contributed by atoms with Gasteiger partial charge in [0.25, 0.3) is 5.69 Å². The summed E-state index contributed by atoms with van der Waals surface area (Å²) in [5.74, 6) is 0.509. The summed E-state index contributed by atoms with van der Waals surface area (Å²) in [6, 6.07) is 6.99. The van der Waals surface area contributed by atoms with Crippen molar-refractivity contribution >= 4 is 11.5 Å². The molecule has 0 radical (unpaired) electrons. The van der Waals surface area contributed by atoms with Gasteiger partial charge in [-0.2, -0.15) is 0 Å². The molecule has 6 heteroatoms. The fraction of sp³-hybridized carbons (Fsp3) is 0.167. The summed E-state index contributed by atoms with van der Waals surface area (Å²) < 4.78 is 0. The maximum atomic E-state index is 10.8. The molecule has 0 amide bonds. The van der Waals surface area contributed by atoms with Gasteiger partial charge in [0.05, 0.1) is 22.7 Å². The number of pyridine rings is 2. The molecule has 0 saturated heterocycles. The van der Waals surface area contributed by atoms with Crippen molar-refractivity contribution in [2.45, 2.75) is 13.5 Å². The Kier molecular flexibility index (Phi) is 3.47. The molecule has 6 nitrogen and oxygen atoms in total. The molecule has 18 heavy (non-hydrogen) atoms. The second kappa shape index (κ2) is 5.22. The van der Waals surface area contributed by atoms with Gasteiger partial charge in [0.15, 0.2) is 0 Å². The number of rotatable bonds is 4. The topological polar surface area (TPSA) is 81.0 Å². The van der Waals surface area contributed by atoms with Crippen LogP contribution < -0.4 is 5.32 Å². The molecule has 2 heterocycles. The minimum Gasteiger partial charge on any atom is -0.364 e. The van der Waals surface area contributed by atoms with E-state index in [0.717, 1.165) is 5.69 Å². The lowest BCUT2D eigenvalue weighted by Crippen LogP contribution is -2.05. The maximum absolute atomic E-state index is 10.8. The van der Waals surface area contributed by atoms with E-state index in [1.807, 2.05) is 18.2 Å². The number of aromatic nitrogens is 2. The molecule has 2 rings (SSSR count). The van der Waals surface area contributed by atoms with E-state index in [4.69, 9.17) is 0 Å². The lowest BCUT2D eigenvalue weighted by molar-refractivity contribution is -0.385. The average Bonchev–Trinajstić information content (AvgIpc) is 2.38. The highest BCUT2D eigenvalue weighted by atomic mass is 16.6. The van der Waals surface area contributed by atoms with E-state index in [0.29, 0.717) is 17.9 Å². The SMILES string of the molecule is Cc1c([N+](=O)[O-])ccnc1NCc1ccccn1. The fourth-order valence-corrected chi connectivity index (χ4v) is 1.58. The first-order chi connectivity index (χ1) is 8.68. The molecule has 92 valence electrons. The summed E-state index contributed by atoms with van der Waals surface area (Å²) >= 11 is 0. The van der Waals surface area contributed by atoms with Gasteiger partial charge in [-0.05, 0) is 19.1 Å². The zero-order chi connectivity index (χ0) is 13.0. The van der Waals surface area contributed by atoms with Crippen LogP contribution in [0.25, 0.3) is 0 Å². The zero-order valence-electron chi connectivity index (χ0n) is 9.83. The first kappa shape index (κ1) is 12.0. The molecule has 0 fully saturated rings. The third kappa shape index (κ3) is 2.60. The largest absolute Gasteiger partial charge is 0.364 e. The van der Waals surface area contributed by atoms with Crippen LogP contribution in [0, 0.1) is 17.0 Å². The summed E-state index contributed by atoms with van der Waals surface area (Å²) in [5.41, 5.74) is 1.44. The highest BCUT2D eigenvalue weighted by molar-refractivity contribution is 5.54. The second-order valence-electron chi connectivity index (χ2n) is 3.74. The van der Waals surface area contributed by atoms with Crippen LogP contribution in [0.5, 0.6) is 0 Å². The van der Waals surface area contributed by atoms with Crippen molar-refractivity contribution in [3.05, 3.63) is 58.0 Å². The lowest BCUT2D eigenvalue weighted by atomic mass is 10.2. The van der Waals surface area contributed by atoms with E-state index in [9.17, 15) is 10.1 Å². The number of hydrogen-bond donors (Lipinski definition) is 1. The van der Waals surface area contributed by atoms with Crippen molar-refractivity contribution in [1.82, 2.24) is 9.97 Å². The standard InChI is InChI=1S/C12H12N4O2/c1-9-11(16(17)18)5-7-14-12(9)15-8-10-4-2-3-6-13-10/h2-7H,8H2,1H3,(H,14,15). The summed E-state index contributed by atoms with van der Waals surface area (Å²) in [7, 11) is 0. The molecule has 0 aliphatic heterocycles. The summed E-state index contributed by atoms with van der Waals surface area (Å²) in [6.45, 7) is 2.15. The normalized spacial score (nSPS) is 10.1. The second-order valence-corrected chi connectivity index (χ2v) is 3.74. The highest BCUT2D eigenvalue weighted by Gasteiger charge is 2.13. The van der Waals surface area contributed by atoms with Gasteiger partial charge in [-0.15, -0.1) is 0 Å². The van der Waals surface area contributed by atoms with Gasteiger partial charge in [-0.1, -0.05) is 6.07 Å². The molecule has 0 unspecified atom stereocenters. The van der Waals surface area contributed by atoms with E-state index < -0.39 is 4.92 Å². The van der Waals surface area contributed by atoms with E-state index in [1.165, 1.54) is 12.3 Å². The molecule has 2 aromatic heterocycles. The highest BCUT2D eigenvalue weighted by Crippen LogP contribution is 2.22. The molecular formula is C12H12N4O2. The van der Waals surface area contributed by atoms with Crippen LogP contribution in [-0.2, 0) is 6.54 Å². The van der Waals surface area contributed by atoms with Crippen LogP contribution in [0.4, 0.5) is 11.5 Å².